The van der Waals surface area contributed by atoms with Crippen LogP contribution in [-0.4, -0.2) is 17.2 Å². The average molecular weight is 178 g/mol. The Morgan fingerprint density at radius 3 is 2.27 bits per heavy atom. The molecule has 2 N–H and O–H groups in total. The molecule has 0 aliphatic heterocycles. The molecule has 0 aromatic carbocycles. The number of alkyl halides is 2. The Balaban J connectivity index is 2.82. The first kappa shape index (κ1) is 8.64. The fraction of sp³-hybridized carbons (Fsp3) is 0.200. The van der Waals surface area contributed by atoms with Crippen molar-refractivity contribution in [3.63, 3.8) is 0 Å². The Morgan fingerprint density at radius 2 is 2.00 bits per heavy atom. The molecule has 0 amide bonds. The van der Waals surface area contributed by atoms with Crippen LogP contribution in [0.4, 0.5) is 8.78 Å². The smallest absolute Gasteiger partial charge is 0.423 e. The SMILES string of the molecule is OB(O)c1ccc(C(F)F)s1. The van der Waals surface area contributed by atoms with Gasteiger partial charge < -0.3 is 10.0 Å². The molecule has 0 spiro atoms. The molecule has 0 saturated carbocycles. The van der Waals surface area contributed by atoms with Crippen molar-refractivity contribution in [2.75, 3.05) is 0 Å². The van der Waals surface area contributed by atoms with E-state index in [-0.39, 0.29) is 9.65 Å². The average Bonchev–Trinajstić information content (AvgIpc) is 2.33. The molecule has 1 heterocycles. The highest BCUT2D eigenvalue weighted by molar-refractivity contribution is 7.22. The van der Waals surface area contributed by atoms with Gasteiger partial charge in [0, 0.05) is 4.78 Å². The van der Waals surface area contributed by atoms with E-state index in [0.717, 1.165) is 0 Å². The number of thiophene rings is 1. The molecular weight excluding hydrogens is 173 g/mol. The molecule has 0 saturated heterocycles. The van der Waals surface area contributed by atoms with Crippen molar-refractivity contribution in [3.05, 3.63) is 17.0 Å². The predicted octanol–water partition coefficient (Wildman–Crippen LogP) is 0.365. The van der Waals surface area contributed by atoms with Crippen molar-refractivity contribution in [1.82, 2.24) is 0 Å². The van der Waals surface area contributed by atoms with Gasteiger partial charge in [0.05, 0.1) is 4.88 Å². The third-order valence-corrected chi connectivity index (χ3v) is 2.25. The van der Waals surface area contributed by atoms with Gasteiger partial charge in [0.1, 0.15) is 0 Å². The minimum atomic E-state index is -2.53. The topological polar surface area (TPSA) is 40.5 Å². The fourth-order valence-corrected chi connectivity index (χ4v) is 1.36. The van der Waals surface area contributed by atoms with Crippen LogP contribution in [0.5, 0.6) is 0 Å². The third-order valence-electron chi connectivity index (χ3n) is 1.12. The van der Waals surface area contributed by atoms with E-state index in [4.69, 9.17) is 10.0 Å². The highest BCUT2D eigenvalue weighted by Gasteiger charge is 2.17. The quantitative estimate of drug-likeness (QED) is 0.642. The summed E-state index contributed by atoms with van der Waals surface area (Å²) in [6.45, 7) is 0. The molecule has 1 aromatic rings. The van der Waals surface area contributed by atoms with E-state index in [2.05, 4.69) is 0 Å². The summed E-state index contributed by atoms with van der Waals surface area (Å²) in [4.78, 5) is -0.145. The van der Waals surface area contributed by atoms with Crippen LogP contribution in [0.25, 0.3) is 0 Å². The summed E-state index contributed by atoms with van der Waals surface area (Å²) in [5.74, 6) is 0. The fourth-order valence-electron chi connectivity index (χ4n) is 0.624. The molecule has 0 aliphatic rings. The lowest BCUT2D eigenvalue weighted by atomic mass is 9.90. The number of hydrogen-bond acceptors (Lipinski definition) is 3. The van der Waals surface area contributed by atoms with Gasteiger partial charge in [-0.2, -0.15) is 0 Å². The van der Waals surface area contributed by atoms with Crippen molar-refractivity contribution in [2.45, 2.75) is 6.43 Å². The van der Waals surface area contributed by atoms with Gasteiger partial charge in [-0.25, -0.2) is 8.78 Å². The third kappa shape index (κ3) is 1.98. The summed E-state index contributed by atoms with van der Waals surface area (Å²) in [7, 11) is -1.65. The van der Waals surface area contributed by atoms with E-state index >= 15 is 0 Å². The van der Waals surface area contributed by atoms with Crippen LogP contribution in [0.3, 0.4) is 0 Å². The van der Waals surface area contributed by atoms with Gasteiger partial charge in [0.25, 0.3) is 6.43 Å². The maximum absolute atomic E-state index is 11.9. The van der Waals surface area contributed by atoms with E-state index in [1.807, 2.05) is 0 Å². The van der Waals surface area contributed by atoms with Crippen molar-refractivity contribution in [1.29, 1.82) is 0 Å². The zero-order valence-corrected chi connectivity index (χ0v) is 6.18. The largest absolute Gasteiger partial charge is 0.499 e. The Kier molecular flexibility index (Phi) is 2.59. The zero-order chi connectivity index (χ0) is 8.43. The van der Waals surface area contributed by atoms with Crippen LogP contribution in [0.15, 0.2) is 12.1 Å². The molecular formula is C5H5BF2O2S. The summed E-state index contributed by atoms with van der Waals surface area (Å²) < 4.78 is 23.9. The van der Waals surface area contributed by atoms with Crippen LogP contribution in [0.1, 0.15) is 11.3 Å². The van der Waals surface area contributed by atoms with Crippen LogP contribution >= 0.6 is 11.3 Å². The van der Waals surface area contributed by atoms with E-state index in [0.29, 0.717) is 11.3 Å². The van der Waals surface area contributed by atoms with Gasteiger partial charge in [0.2, 0.25) is 0 Å². The van der Waals surface area contributed by atoms with E-state index in [1.54, 1.807) is 0 Å². The molecule has 0 fully saturated rings. The monoisotopic (exact) mass is 178 g/mol. The second-order valence-electron chi connectivity index (χ2n) is 1.91. The summed E-state index contributed by atoms with van der Waals surface area (Å²) in [6.07, 6.45) is -2.53. The van der Waals surface area contributed by atoms with E-state index in [1.165, 1.54) is 12.1 Å². The summed E-state index contributed by atoms with van der Waals surface area (Å²) in [5.41, 5.74) is 0. The first-order chi connectivity index (χ1) is 5.11. The zero-order valence-electron chi connectivity index (χ0n) is 5.37. The van der Waals surface area contributed by atoms with Gasteiger partial charge in [0.15, 0.2) is 0 Å². The highest BCUT2D eigenvalue weighted by Crippen LogP contribution is 2.21. The molecule has 0 aliphatic carbocycles. The van der Waals surface area contributed by atoms with Crippen LogP contribution < -0.4 is 4.78 Å². The van der Waals surface area contributed by atoms with Crippen LogP contribution in [-0.2, 0) is 0 Å². The Labute approximate surface area is 66.2 Å². The van der Waals surface area contributed by atoms with Crippen molar-refractivity contribution in [3.8, 4) is 0 Å². The molecule has 0 atom stereocenters. The normalized spacial score (nSPS) is 10.6. The van der Waals surface area contributed by atoms with Gasteiger partial charge in [-0.3, -0.25) is 0 Å². The molecule has 0 bridgehead atoms. The highest BCUT2D eigenvalue weighted by atomic mass is 32.1. The first-order valence-corrected chi connectivity index (χ1v) is 3.67. The van der Waals surface area contributed by atoms with E-state index < -0.39 is 13.5 Å². The summed E-state index contributed by atoms with van der Waals surface area (Å²) >= 11 is 0.699. The Morgan fingerprint density at radius 1 is 1.36 bits per heavy atom. The summed E-state index contributed by atoms with van der Waals surface area (Å²) in [5, 5.41) is 17.1. The summed E-state index contributed by atoms with van der Waals surface area (Å²) in [6, 6.07) is 2.46. The number of rotatable bonds is 2. The second kappa shape index (κ2) is 3.29. The minimum Gasteiger partial charge on any atom is -0.423 e. The lowest BCUT2D eigenvalue weighted by Gasteiger charge is -1.91. The minimum absolute atomic E-state index is 0.139. The molecule has 1 aromatic heterocycles. The maximum atomic E-state index is 11.9. The molecule has 1 rings (SSSR count). The van der Waals surface area contributed by atoms with Crippen molar-refractivity contribution >= 4 is 23.2 Å². The van der Waals surface area contributed by atoms with Gasteiger partial charge in [-0.15, -0.1) is 11.3 Å². The maximum Gasteiger partial charge on any atom is 0.499 e. The van der Waals surface area contributed by atoms with Crippen molar-refractivity contribution in [2.24, 2.45) is 0 Å². The molecule has 6 heteroatoms. The lowest BCUT2D eigenvalue weighted by molar-refractivity contribution is 0.155. The second-order valence-corrected chi connectivity index (χ2v) is 3.06. The van der Waals surface area contributed by atoms with E-state index in [9.17, 15) is 8.78 Å². The van der Waals surface area contributed by atoms with Gasteiger partial charge in [-0.05, 0) is 6.07 Å². The predicted molar refractivity (Wildman–Crippen MR) is 39.1 cm³/mol. The molecule has 11 heavy (non-hydrogen) atoms. The Hall–Kier alpha value is -0.455. The first-order valence-electron chi connectivity index (χ1n) is 2.85. The number of halogens is 2. The molecule has 0 radical (unpaired) electrons. The van der Waals surface area contributed by atoms with Gasteiger partial charge in [-0.1, -0.05) is 6.07 Å². The molecule has 60 valence electrons. The lowest BCUT2D eigenvalue weighted by Crippen LogP contribution is -2.26. The van der Waals surface area contributed by atoms with Crippen molar-refractivity contribution < 1.29 is 18.8 Å². The molecule has 0 unspecified atom stereocenters. The Bertz CT molecular complexity index is 216. The van der Waals surface area contributed by atoms with Crippen LogP contribution in [0, 0.1) is 0 Å². The standard InChI is InChI=1S/C5H5BF2O2S/c7-5(8)3-1-2-4(11-3)6(9)10/h1-2,5,9-10H. The van der Waals surface area contributed by atoms with Crippen LogP contribution in [0.2, 0.25) is 0 Å². The molecule has 2 nitrogen and oxygen atoms in total. The number of hydrogen-bond donors (Lipinski definition) is 2. The van der Waals surface area contributed by atoms with Gasteiger partial charge >= 0.3 is 7.12 Å².